The lowest BCUT2D eigenvalue weighted by molar-refractivity contribution is 0.0524. The molecule has 0 amide bonds. The molecule has 112 valence electrons. The monoisotopic (exact) mass is 308 g/mol. The van der Waals surface area contributed by atoms with E-state index in [1.165, 1.54) is 17.5 Å². The number of anilines is 1. The van der Waals surface area contributed by atoms with Crippen LogP contribution >= 0.6 is 11.3 Å². The maximum absolute atomic E-state index is 11.6. The highest BCUT2D eigenvalue weighted by Gasteiger charge is 2.14. The number of rotatable bonds is 6. The van der Waals surface area contributed by atoms with E-state index in [-0.39, 0.29) is 6.54 Å². The summed E-state index contributed by atoms with van der Waals surface area (Å²) in [7, 11) is 0. The van der Waals surface area contributed by atoms with Crippen LogP contribution in [0.4, 0.5) is 5.95 Å². The van der Waals surface area contributed by atoms with Crippen LogP contribution in [0.25, 0.3) is 0 Å². The summed E-state index contributed by atoms with van der Waals surface area (Å²) in [6.45, 7) is 4.02. The summed E-state index contributed by atoms with van der Waals surface area (Å²) in [5.41, 5.74) is 2.52. The van der Waals surface area contributed by atoms with Crippen molar-refractivity contribution in [2.45, 2.75) is 20.0 Å². The second kappa shape index (κ2) is 7.09. The molecule has 0 aliphatic carbocycles. The van der Waals surface area contributed by atoms with Crippen LogP contribution in [0.2, 0.25) is 0 Å². The van der Waals surface area contributed by atoms with Crippen LogP contribution in [0.5, 0.6) is 0 Å². The minimum absolute atomic E-state index is 0.264. The van der Waals surface area contributed by atoms with Gasteiger partial charge in [0.15, 0.2) is 0 Å². The summed E-state index contributed by atoms with van der Waals surface area (Å²) in [4.78, 5) is 24.5. The molecule has 2 rings (SSSR count). The normalized spacial score (nSPS) is 12.0. The number of nitrogens with zero attached hydrogens (tertiary/aromatic N) is 3. The average molecular weight is 308 g/mol. The van der Waals surface area contributed by atoms with E-state index in [0.29, 0.717) is 23.8 Å². The Balaban J connectivity index is 1.98. The van der Waals surface area contributed by atoms with Crippen molar-refractivity contribution in [1.29, 1.82) is 0 Å². The van der Waals surface area contributed by atoms with Crippen molar-refractivity contribution in [2.75, 3.05) is 18.5 Å². The Morgan fingerprint density at radius 2 is 2.33 bits per heavy atom. The van der Waals surface area contributed by atoms with Crippen LogP contribution in [0.3, 0.4) is 0 Å². The maximum Gasteiger partial charge on any atom is 0.341 e. The molecule has 0 saturated heterocycles. The fourth-order valence-electron chi connectivity index (χ4n) is 1.64. The minimum Gasteiger partial charge on any atom is -0.462 e. The molecular formula is C13H16N4O3S. The van der Waals surface area contributed by atoms with Gasteiger partial charge in [-0.05, 0) is 13.8 Å². The Morgan fingerprint density at radius 1 is 1.52 bits per heavy atom. The Hall–Kier alpha value is -2.06. The zero-order valence-electron chi connectivity index (χ0n) is 11.7. The summed E-state index contributed by atoms with van der Waals surface area (Å²) in [5, 5.41) is 12.9. The first-order chi connectivity index (χ1) is 10.1. The molecule has 0 aliphatic heterocycles. The van der Waals surface area contributed by atoms with Crippen LogP contribution < -0.4 is 5.32 Å². The van der Waals surface area contributed by atoms with E-state index in [4.69, 9.17) is 4.74 Å². The second-order valence-corrected chi connectivity index (χ2v) is 5.13. The van der Waals surface area contributed by atoms with E-state index in [0.717, 1.165) is 4.88 Å². The second-order valence-electron chi connectivity index (χ2n) is 4.21. The lowest BCUT2D eigenvalue weighted by Crippen LogP contribution is -2.15. The SMILES string of the molecule is CCOC(=O)c1cnc(NCC(O)c2cncs2)nc1C. The number of thiazole rings is 1. The Labute approximate surface area is 126 Å². The average Bonchev–Trinajstić information content (AvgIpc) is 2.99. The maximum atomic E-state index is 11.6. The van der Waals surface area contributed by atoms with Crippen molar-refractivity contribution in [3.8, 4) is 0 Å². The van der Waals surface area contributed by atoms with Gasteiger partial charge in [-0.1, -0.05) is 0 Å². The van der Waals surface area contributed by atoms with Crippen LogP contribution in [0, 0.1) is 6.92 Å². The predicted molar refractivity (Wildman–Crippen MR) is 78.3 cm³/mol. The third kappa shape index (κ3) is 3.96. The molecule has 0 aromatic carbocycles. The number of aliphatic hydroxyl groups excluding tert-OH is 1. The van der Waals surface area contributed by atoms with Gasteiger partial charge in [0.2, 0.25) is 5.95 Å². The van der Waals surface area contributed by atoms with Gasteiger partial charge in [0.1, 0.15) is 6.10 Å². The summed E-state index contributed by atoms with van der Waals surface area (Å²) < 4.78 is 4.91. The Bertz CT molecular complexity index is 603. The molecule has 7 nitrogen and oxygen atoms in total. The van der Waals surface area contributed by atoms with Gasteiger partial charge >= 0.3 is 5.97 Å². The molecule has 2 aromatic rings. The lowest BCUT2D eigenvalue weighted by atomic mass is 10.2. The number of carbonyl (C=O) groups is 1. The first-order valence-electron chi connectivity index (χ1n) is 6.43. The molecule has 0 aliphatic rings. The van der Waals surface area contributed by atoms with Crippen LogP contribution in [-0.4, -0.2) is 39.2 Å². The molecule has 1 atom stereocenters. The van der Waals surface area contributed by atoms with E-state index in [1.807, 2.05) is 0 Å². The third-order valence-electron chi connectivity index (χ3n) is 2.71. The van der Waals surface area contributed by atoms with E-state index in [2.05, 4.69) is 20.3 Å². The molecule has 2 aromatic heterocycles. The van der Waals surface area contributed by atoms with E-state index < -0.39 is 12.1 Å². The number of aromatic nitrogens is 3. The quantitative estimate of drug-likeness (QED) is 0.782. The van der Waals surface area contributed by atoms with Crippen molar-refractivity contribution in [3.05, 3.63) is 34.0 Å². The fraction of sp³-hybridized carbons (Fsp3) is 0.385. The number of carbonyl (C=O) groups excluding carboxylic acids is 1. The van der Waals surface area contributed by atoms with Crippen molar-refractivity contribution >= 4 is 23.3 Å². The highest BCUT2D eigenvalue weighted by Crippen LogP contribution is 2.17. The highest BCUT2D eigenvalue weighted by molar-refractivity contribution is 7.09. The molecule has 0 fully saturated rings. The molecule has 21 heavy (non-hydrogen) atoms. The lowest BCUT2D eigenvalue weighted by Gasteiger charge is -2.11. The summed E-state index contributed by atoms with van der Waals surface area (Å²) in [6, 6.07) is 0. The number of hydrogen-bond donors (Lipinski definition) is 2. The van der Waals surface area contributed by atoms with Crippen LogP contribution in [0.15, 0.2) is 17.9 Å². The van der Waals surface area contributed by atoms with Crippen LogP contribution in [-0.2, 0) is 4.74 Å². The van der Waals surface area contributed by atoms with Gasteiger partial charge < -0.3 is 15.2 Å². The molecule has 0 spiro atoms. The molecule has 0 bridgehead atoms. The number of ether oxygens (including phenoxy) is 1. The van der Waals surface area contributed by atoms with Gasteiger partial charge in [-0.15, -0.1) is 11.3 Å². The van der Waals surface area contributed by atoms with Gasteiger partial charge in [-0.25, -0.2) is 14.8 Å². The summed E-state index contributed by atoms with van der Waals surface area (Å²) in [6.07, 6.45) is 2.36. The fourth-order valence-corrected chi connectivity index (χ4v) is 2.25. The summed E-state index contributed by atoms with van der Waals surface area (Å²) >= 11 is 1.38. The highest BCUT2D eigenvalue weighted by atomic mass is 32.1. The van der Waals surface area contributed by atoms with Crippen molar-refractivity contribution < 1.29 is 14.6 Å². The Kier molecular flexibility index (Phi) is 5.18. The predicted octanol–water partition coefficient (Wildman–Crippen LogP) is 1.56. The number of nitrogens with one attached hydrogen (secondary N) is 1. The van der Waals surface area contributed by atoms with Crippen molar-refractivity contribution in [1.82, 2.24) is 15.0 Å². The molecule has 0 radical (unpaired) electrons. The zero-order chi connectivity index (χ0) is 15.2. The molecule has 0 saturated carbocycles. The van der Waals surface area contributed by atoms with E-state index >= 15 is 0 Å². The molecule has 8 heteroatoms. The van der Waals surface area contributed by atoms with Gasteiger partial charge in [-0.3, -0.25) is 4.98 Å². The smallest absolute Gasteiger partial charge is 0.341 e. The molecule has 1 unspecified atom stereocenters. The van der Waals surface area contributed by atoms with Gasteiger partial charge in [0, 0.05) is 18.9 Å². The van der Waals surface area contributed by atoms with Crippen molar-refractivity contribution in [2.24, 2.45) is 0 Å². The molecule has 2 N–H and O–H groups in total. The largest absolute Gasteiger partial charge is 0.462 e. The van der Waals surface area contributed by atoms with Crippen molar-refractivity contribution in [3.63, 3.8) is 0 Å². The van der Waals surface area contributed by atoms with Gasteiger partial charge in [-0.2, -0.15) is 0 Å². The topological polar surface area (TPSA) is 97.2 Å². The number of aryl methyl sites for hydroxylation is 1. The first-order valence-corrected chi connectivity index (χ1v) is 7.30. The third-order valence-corrected chi connectivity index (χ3v) is 3.58. The van der Waals surface area contributed by atoms with E-state index in [1.54, 1.807) is 25.6 Å². The molecule has 2 heterocycles. The van der Waals surface area contributed by atoms with E-state index in [9.17, 15) is 9.90 Å². The zero-order valence-corrected chi connectivity index (χ0v) is 12.6. The number of aliphatic hydroxyl groups is 1. The van der Waals surface area contributed by atoms with Gasteiger partial charge in [0.05, 0.1) is 28.3 Å². The number of esters is 1. The molecular weight excluding hydrogens is 292 g/mol. The van der Waals surface area contributed by atoms with Crippen LogP contribution in [0.1, 0.15) is 34.0 Å². The Morgan fingerprint density at radius 3 is 2.95 bits per heavy atom. The standard InChI is InChI=1S/C13H16N4O3S/c1-3-20-12(19)9-4-15-13(17-8(9)2)16-5-10(18)11-6-14-7-21-11/h4,6-7,10,18H,3,5H2,1-2H3,(H,15,16,17). The summed E-state index contributed by atoms with van der Waals surface area (Å²) in [5.74, 6) is -0.0876. The van der Waals surface area contributed by atoms with Gasteiger partial charge in [0.25, 0.3) is 0 Å². The number of hydrogen-bond acceptors (Lipinski definition) is 8. The first kappa shape index (κ1) is 15.3. The minimum atomic E-state index is -0.675.